The summed E-state index contributed by atoms with van der Waals surface area (Å²) in [6, 6.07) is 6.12. The summed E-state index contributed by atoms with van der Waals surface area (Å²) >= 11 is 0. The molecular formula is C15H17NaO8S2. The van der Waals surface area contributed by atoms with E-state index in [9.17, 15) is 31.3 Å². The Bertz CT molecular complexity index is 1030. The van der Waals surface area contributed by atoms with E-state index in [1.165, 1.54) is 24.3 Å². The number of benzene rings is 2. The van der Waals surface area contributed by atoms with Crippen LogP contribution in [0.25, 0.3) is 10.8 Å². The van der Waals surface area contributed by atoms with Gasteiger partial charge in [0.25, 0.3) is 20.2 Å². The standard InChI is InChI=1S/C15H16O8S2.Na.H/c1-2-3-8-23-25(21,22)12-9-13(24(18,19)20)14(15(16)17)11-7-5-4-6-10(11)12;;/h4-7,9H,2-3,8H2,1H3,(H,16,17)(H,18,19,20);;. The molecule has 11 heteroatoms. The molecule has 0 radical (unpaired) electrons. The molecule has 0 heterocycles. The molecular weight excluding hydrogens is 395 g/mol. The van der Waals surface area contributed by atoms with Gasteiger partial charge in [-0.1, -0.05) is 37.6 Å². The molecule has 0 fully saturated rings. The maximum atomic E-state index is 12.4. The Labute approximate surface area is 173 Å². The molecule has 0 aliphatic carbocycles. The number of aromatic carboxylic acids is 1. The van der Waals surface area contributed by atoms with Gasteiger partial charge >= 0.3 is 35.5 Å². The molecule has 0 saturated heterocycles. The van der Waals surface area contributed by atoms with Crippen molar-refractivity contribution >= 4 is 66.5 Å². The summed E-state index contributed by atoms with van der Waals surface area (Å²) in [5.74, 6) is -1.61. The van der Waals surface area contributed by atoms with Crippen molar-refractivity contribution in [2.24, 2.45) is 0 Å². The Morgan fingerprint density at radius 1 is 1.08 bits per heavy atom. The van der Waals surface area contributed by atoms with Crippen LogP contribution in [-0.2, 0) is 24.4 Å². The van der Waals surface area contributed by atoms with E-state index < -0.39 is 41.6 Å². The van der Waals surface area contributed by atoms with Crippen molar-refractivity contribution in [3.05, 3.63) is 35.9 Å². The number of unbranched alkanes of at least 4 members (excludes halogenated alkanes) is 1. The molecule has 0 aromatic heterocycles. The fourth-order valence-corrected chi connectivity index (χ4v) is 4.30. The Kier molecular flexibility index (Phi) is 7.78. The summed E-state index contributed by atoms with van der Waals surface area (Å²) in [6.45, 7) is 1.73. The number of carboxylic acids is 1. The molecule has 2 aromatic carbocycles. The molecule has 26 heavy (non-hydrogen) atoms. The fourth-order valence-electron chi connectivity index (χ4n) is 2.33. The first kappa shape index (κ1) is 23.0. The number of carboxylic acid groups (broad SMARTS) is 1. The van der Waals surface area contributed by atoms with Crippen LogP contribution in [0.2, 0.25) is 0 Å². The predicted molar refractivity (Wildman–Crippen MR) is 95.9 cm³/mol. The topological polar surface area (TPSA) is 135 Å². The molecule has 0 aliphatic heterocycles. The molecule has 0 aliphatic rings. The average molecular weight is 412 g/mol. The third-order valence-corrected chi connectivity index (χ3v) is 5.70. The van der Waals surface area contributed by atoms with Gasteiger partial charge in [0.1, 0.15) is 9.79 Å². The van der Waals surface area contributed by atoms with Gasteiger partial charge in [0, 0.05) is 5.39 Å². The van der Waals surface area contributed by atoms with Gasteiger partial charge in [-0.15, -0.1) is 0 Å². The van der Waals surface area contributed by atoms with E-state index in [1.54, 1.807) is 0 Å². The van der Waals surface area contributed by atoms with E-state index >= 15 is 0 Å². The Morgan fingerprint density at radius 3 is 2.15 bits per heavy atom. The van der Waals surface area contributed by atoms with Crippen molar-refractivity contribution in [3.8, 4) is 0 Å². The Hall–Kier alpha value is -1.01. The second kappa shape index (κ2) is 8.79. The van der Waals surface area contributed by atoms with Gasteiger partial charge in [-0.2, -0.15) is 16.8 Å². The predicted octanol–water partition coefficient (Wildman–Crippen LogP) is 1.64. The van der Waals surface area contributed by atoms with Crippen LogP contribution < -0.4 is 0 Å². The van der Waals surface area contributed by atoms with Crippen molar-refractivity contribution in [1.29, 1.82) is 0 Å². The van der Waals surface area contributed by atoms with Crippen LogP contribution in [0.4, 0.5) is 0 Å². The third-order valence-electron chi connectivity index (χ3n) is 3.47. The number of carbonyl (C=O) groups is 1. The van der Waals surface area contributed by atoms with Crippen molar-refractivity contribution in [2.75, 3.05) is 6.61 Å². The summed E-state index contributed by atoms with van der Waals surface area (Å²) in [6.07, 6.45) is 1.15. The van der Waals surface area contributed by atoms with Gasteiger partial charge in [0.2, 0.25) is 0 Å². The zero-order chi connectivity index (χ0) is 18.8. The summed E-state index contributed by atoms with van der Waals surface area (Å²) in [5.41, 5.74) is -0.703. The molecule has 2 rings (SSSR count). The van der Waals surface area contributed by atoms with Crippen LogP contribution in [0.15, 0.2) is 40.1 Å². The number of rotatable bonds is 7. The van der Waals surface area contributed by atoms with Gasteiger partial charge in [-0.3, -0.25) is 8.74 Å². The van der Waals surface area contributed by atoms with Gasteiger partial charge < -0.3 is 5.11 Å². The maximum absolute atomic E-state index is 12.4. The first-order valence-electron chi connectivity index (χ1n) is 7.25. The van der Waals surface area contributed by atoms with Crippen molar-refractivity contribution < 1.29 is 35.5 Å². The minimum atomic E-state index is -4.98. The number of fused-ring (bicyclic) bond motifs is 1. The van der Waals surface area contributed by atoms with E-state index in [1.807, 2.05) is 6.92 Å². The SMILES string of the molecule is CCCCOS(=O)(=O)c1cc(S(=O)(=O)O)c(C(=O)O)c2ccccc12.[NaH]. The molecule has 138 valence electrons. The van der Waals surface area contributed by atoms with E-state index in [4.69, 9.17) is 4.18 Å². The number of hydrogen-bond donors (Lipinski definition) is 2. The molecule has 0 saturated carbocycles. The Balaban J connectivity index is 0.00000338. The van der Waals surface area contributed by atoms with E-state index in [2.05, 4.69) is 0 Å². The molecule has 0 bridgehead atoms. The van der Waals surface area contributed by atoms with Gasteiger partial charge in [0.05, 0.1) is 12.2 Å². The molecule has 2 aromatic rings. The molecule has 0 spiro atoms. The monoisotopic (exact) mass is 412 g/mol. The van der Waals surface area contributed by atoms with Crippen LogP contribution in [0.5, 0.6) is 0 Å². The first-order chi connectivity index (χ1) is 11.6. The fraction of sp³-hybridized carbons (Fsp3) is 0.267. The van der Waals surface area contributed by atoms with Crippen molar-refractivity contribution in [2.45, 2.75) is 29.6 Å². The van der Waals surface area contributed by atoms with Crippen LogP contribution in [0.1, 0.15) is 30.1 Å². The molecule has 2 N–H and O–H groups in total. The minimum absolute atomic E-state index is 0. The third kappa shape index (κ3) is 4.83. The molecule has 0 amide bonds. The summed E-state index contributed by atoms with van der Waals surface area (Å²) in [7, 11) is -9.33. The summed E-state index contributed by atoms with van der Waals surface area (Å²) in [4.78, 5) is 9.98. The van der Waals surface area contributed by atoms with Crippen LogP contribution >= 0.6 is 0 Å². The zero-order valence-electron chi connectivity index (χ0n) is 13.2. The zero-order valence-corrected chi connectivity index (χ0v) is 14.8. The summed E-state index contributed by atoms with van der Waals surface area (Å²) < 4.78 is 62.3. The van der Waals surface area contributed by atoms with E-state index in [-0.39, 0.29) is 46.9 Å². The Morgan fingerprint density at radius 2 is 1.65 bits per heavy atom. The van der Waals surface area contributed by atoms with Crippen molar-refractivity contribution in [3.63, 3.8) is 0 Å². The summed E-state index contributed by atoms with van der Waals surface area (Å²) in [5, 5.41) is 9.19. The van der Waals surface area contributed by atoms with E-state index in [0.717, 1.165) is 0 Å². The van der Waals surface area contributed by atoms with Gasteiger partial charge in [-0.25, -0.2) is 4.79 Å². The van der Waals surface area contributed by atoms with Gasteiger partial charge in [-0.05, 0) is 17.9 Å². The van der Waals surface area contributed by atoms with Crippen LogP contribution in [0, 0.1) is 0 Å². The molecule has 0 unspecified atom stereocenters. The second-order valence-electron chi connectivity index (χ2n) is 5.20. The second-order valence-corrected chi connectivity index (χ2v) is 8.18. The normalized spacial score (nSPS) is 11.9. The van der Waals surface area contributed by atoms with Crippen LogP contribution in [0.3, 0.4) is 0 Å². The number of hydrogen-bond acceptors (Lipinski definition) is 6. The van der Waals surface area contributed by atoms with Crippen LogP contribution in [-0.4, -0.2) is 68.6 Å². The van der Waals surface area contributed by atoms with E-state index in [0.29, 0.717) is 18.9 Å². The quantitative estimate of drug-likeness (QED) is 0.303. The first-order valence-corrected chi connectivity index (χ1v) is 10.1. The van der Waals surface area contributed by atoms with Gasteiger partial charge in [0.15, 0.2) is 0 Å². The average Bonchev–Trinajstić information content (AvgIpc) is 2.52. The van der Waals surface area contributed by atoms with Crippen molar-refractivity contribution in [1.82, 2.24) is 0 Å². The molecule has 0 atom stereocenters. The molecule has 8 nitrogen and oxygen atoms in total.